The number of methoxy groups -OCH3 is 1. The van der Waals surface area contributed by atoms with Crippen molar-refractivity contribution in [3.05, 3.63) is 83.4 Å². The van der Waals surface area contributed by atoms with Gasteiger partial charge in [-0.15, -0.1) is 0 Å². The van der Waals surface area contributed by atoms with Gasteiger partial charge < -0.3 is 19.5 Å². The monoisotopic (exact) mass is 635 g/mol. The van der Waals surface area contributed by atoms with E-state index in [1.807, 2.05) is 18.9 Å². The topological polar surface area (TPSA) is 108 Å². The van der Waals surface area contributed by atoms with E-state index in [9.17, 15) is 31.5 Å². The molecule has 9 nitrogen and oxygen atoms in total. The number of rotatable bonds is 10. The van der Waals surface area contributed by atoms with E-state index in [-0.39, 0.29) is 41.0 Å². The molecule has 0 aliphatic carbocycles. The van der Waals surface area contributed by atoms with Gasteiger partial charge >= 0.3 is 6.18 Å². The maximum Gasteiger partial charge on any atom is 0.416 e. The van der Waals surface area contributed by atoms with E-state index in [0.29, 0.717) is 24.4 Å². The Morgan fingerprint density at radius 1 is 1.11 bits per heavy atom. The number of nitrogens with zero attached hydrogens (tertiary/aromatic N) is 2. The lowest BCUT2D eigenvalue weighted by molar-refractivity contribution is -0.137. The number of likely N-dealkylation sites (N-methyl/N-ethyl adjacent to an activating group) is 1. The van der Waals surface area contributed by atoms with Gasteiger partial charge in [0.15, 0.2) is 0 Å². The van der Waals surface area contributed by atoms with Crippen LogP contribution < -0.4 is 14.2 Å². The van der Waals surface area contributed by atoms with Crippen molar-refractivity contribution < 1.29 is 41.0 Å². The van der Waals surface area contributed by atoms with Crippen molar-refractivity contribution in [2.75, 3.05) is 38.6 Å². The Balaban J connectivity index is 1.59. The van der Waals surface area contributed by atoms with E-state index in [4.69, 9.17) is 9.47 Å². The van der Waals surface area contributed by atoms with Crippen LogP contribution in [-0.4, -0.2) is 75.2 Å². The number of anilines is 1. The molecule has 1 aliphatic heterocycles. The van der Waals surface area contributed by atoms with Crippen molar-refractivity contribution in [3.8, 4) is 11.5 Å². The Labute approximate surface area is 255 Å². The van der Waals surface area contributed by atoms with E-state index >= 15 is 0 Å². The number of nitrogens with one attached hydrogen (secondary N) is 1. The molecule has 1 amide bonds. The van der Waals surface area contributed by atoms with Crippen molar-refractivity contribution in [1.29, 1.82) is 0 Å². The van der Waals surface area contributed by atoms with Crippen LogP contribution >= 0.6 is 0 Å². The summed E-state index contributed by atoms with van der Waals surface area (Å²) in [5.74, 6) is 0.136. The fourth-order valence-electron chi connectivity index (χ4n) is 4.96. The number of fused-ring (bicyclic) bond motifs is 1. The molecule has 44 heavy (non-hydrogen) atoms. The summed E-state index contributed by atoms with van der Waals surface area (Å²) in [5, 5.41) is 9.91. The molecule has 0 spiro atoms. The molecular weight excluding hydrogens is 599 g/mol. The average Bonchev–Trinajstić information content (AvgIpc) is 2.98. The average molecular weight is 636 g/mol. The smallest absolute Gasteiger partial charge is 0.416 e. The molecule has 0 unspecified atom stereocenters. The number of ether oxygens (including phenoxy) is 2. The number of halogens is 3. The van der Waals surface area contributed by atoms with Crippen LogP contribution in [0.15, 0.2) is 71.6 Å². The first-order chi connectivity index (χ1) is 20.7. The molecule has 0 radical (unpaired) electrons. The zero-order chi connectivity index (χ0) is 32.2. The molecule has 1 aliphatic rings. The van der Waals surface area contributed by atoms with Crippen LogP contribution in [0.25, 0.3) is 0 Å². The molecule has 1 heterocycles. The number of carbonyl (C=O) groups excluding carboxylic acids is 1. The molecule has 4 rings (SSSR count). The van der Waals surface area contributed by atoms with Crippen LogP contribution in [0.2, 0.25) is 0 Å². The van der Waals surface area contributed by atoms with Gasteiger partial charge in [-0.25, -0.2) is 8.42 Å². The standard InChI is InChI=1S/C31H36F3N3O6S/c1-20-16-37(21(2)19-38)30(39)27-15-24(35-44(40,41)26-12-10-25(42-4)11-13-26)9-14-28(27)43-29(20)18-36(3)17-22-5-7-23(8-6-22)31(32,33)34/h5-15,20-21,29,35,38H,16-19H2,1-4H3/t20-,21-,29+/m1/s1. The number of aliphatic hydroxyl groups is 1. The molecule has 3 atom stereocenters. The third kappa shape index (κ3) is 7.82. The number of hydrogen-bond donors (Lipinski definition) is 2. The number of aliphatic hydroxyl groups excluding tert-OH is 1. The first-order valence-electron chi connectivity index (χ1n) is 14.0. The zero-order valence-electron chi connectivity index (χ0n) is 24.8. The summed E-state index contributed by atoms with van der Waals surface area (Å²) >= 11 is 0. The van der Waals surface area contributed by atoms with Crippen LogP contribution in [0, 0.1) is 5.92 Å². The van der Waals surface area contributed by atoms with Crippen LogP contribution in [0.4, 0.5) is 18.9 Å². The highest BCUT2D eigenvalue weighted by Gasteiger charge is 2.34. The maximum absolute atomic E-state index is 13.7. The van der Waals surface area contributed by atoms with Gasteiger partial charge in [0.05, 0.1) is 35.8 Å². The lowest BCUT2D eigenvalue weighted by Crippen LogP contribution is -2.49. The highest BCUT2D eigenvalue weighted by Crippen LogP contribution is 2.32. The summed E-state index contributed by atoms with van der Waals surface area (Å²) < 4.78 is 79.0. The van der Waals surface area contributed by atoms with E-state index in [1.54, 1.807) is 6.92 Å². The van der Waals surface area contributed by atoms with Crippen LogP contribution in [-0.2, 0) is 22.7 Å². The Bertz CT molecular complexity index is 1550. The maximum atomic E-state index is 13.7. The van der Waals surface area contributed by atoms with Gasteiger partial charge in [-0.1, -0.05) is 19.1 Å². The second kappa shape index (κ2) is 13.4. The number of carbonyl (C=O) groups is 1. The SMILES string of the molecule is COc1ccc(S(=O)(=O)Nc2ccc3c(c2)C(=O)N([C@H](C)CO)C[C@@H](C)[C@H](CN(C)Cc2ccc(C(F)(F)F)cc2)O3)cc1. The molecule has 0 aromatic heterocycles. The van der Waals surface area contributed by atoms with Crippen molar-refractivity contribution >= 4 is 21.6 Å². The predicted octanol–water partition coefficient (Wildman–Crippen LogP) is 4.87. The Kier molecular flexibility index (Phi) is 10.1. The summed E-state index contributed by atoms with van der Waals surface area (Å²) in [5.41, 5.74) is 0.255. The van der Waals surface area contributed by atoms with Crippen LogP contribution in [0.1, 0.15) is 35.3 Å². The van der Waals surface area contributed by atoms with Gasteiger partial charge in [-0.3, -0.25) is 14.4 Å². The van der Waals surface area contributed by atoms with Gasteiger partial charge in [0.25, 0.3) is 15.9 Å². The van der Waals surface area contributed by atoms with E-state index in [1.165, 1.54) is 66.6 Å². The highest BCUT2D eigenvalue weighted by atomic mass is 32.2. The number of hydrogen-bond acceptors (Lipinski definition) is 7. The minimum atomic E-state index is -4.41. The predicted molar refractivity (Wildman–Crippen MR) is 159 cm³/mol. The fraction of sp³-hybridized carbons (Fsp3) is 0.387. The molecule has 3 aromatic carbocycles. The lowest BCUT2D eigenvalue weighted by Gasteiger charge is -2.38. The fourth-order valence-corrected chi connectivity index (χ4v) is 6.00. The number of alkyl halides is 3. The molecule has 0 saturated carbocycles. The normalized spacial score (nSPS) is 18.2. The number of amides is 1. The third-order valence-electron chi connectivity index (χ3n) is 7.51. The van der Waals surface area contributed by atoms with Crippen LogP contribution in [0.3, 0.4) is 0 Å². The van der Waals surface area contributed by atoms with Gasteiger partial charge in [0.2, 0.25) is 0 Å². The quantitative estimate of drug-likeness (QED) is 0.328. The first kappa shape index (κ1) is 33.1. The molecule has 238 valence electrons. The second-order valence-corrected chi connectivity index (χ2v) is 12.7. The van der Waals surface area contributed by atoms with Crippen molar-refractivity contribution in [2.24, 2.45) is 5.92 Å². The minimum absolute atomic E-state index is 0.00752. The lowest BCUT2D eigenvalue weighted by atomic mass is 9.99. The largest absolute Gasteiger partial charge is 0.497 e. The minimum Gasteiger partial charge on any atom is -0.497 e. The zero-order valence-corrected chi connectivity index (χ0v) is 25.7. The van der Waals surface area contributed by atoms with Crippen LogP contribution in [0.5, 0.6) is 11.5 Å². The molecule has 13 heteroatoms. The molecule has 0 bridgehead atoms. The van der Waals surface area contributed by atoms with Crippen molar-refractivity contribution in [1.82, 2.24) is 9.80 Å². The molecule has 3 aromatic rings. The first-order valence-corrected chi connectivity index (χ1v) is 15.4. The Morgan fingerprint density at radius 3 is 2.36 bits per heavy atom. The number of benzene rings is 3. The molecule has 0 saturated heterocycles. The van der Waals surface area contributed by atoms with Crippen molar-refractivity contribution in [3.63, 3.8) is 0 Å². The summed E-state index contributed by atoms with van der Waals surface area (Å²) in [6.07, 6.45) is -4.86. The Morgan fingerprint density at radius 2 is 1.77 bits per heavy atom. The van der Waals surface area contributed by atoms with Gasteiger partial charge in [0, 0.05) is 31.2 Å². The third-order valence-corrected chi connectivity index (χ3v) is 8.91. The second-order valence-electron chi connectivity index (χ2n) is 11.0. The van der Waals surface area contributed by atoms with Gasteiger partial charge in [0.1, 0.15) is 17.6 Å². The summed E-state index contributed by atoms with van der Waals surface area (Å²) in [6, 6.07) is 14.8. The molecule has 2 N–H and O–H groups in total. The highest BCUT2D eigenvalue weighted by molar-refractivity contribution is 7.92. The molecule has 0 fully saturated rings. The summed E-state index contributed by atoms with van der Waals surface area (Å²) in [6.45, 7) is 4.35. The van der Waals surface area contributed by atoms with Gasteiger partial charge in [-0.2, -0.15) is 13.2 Å². The van der Waals surface area contributed by atoms with Gasteiger partial charge in [-0.05, 0) is 74.1 Å². The number of sulfonamides is 1. The molecular formula is C31H36F3N3O6S. The Hall–Kier alpha value is -3.81. The summed E-state index contributed by atoms with van der Waals surface area (Å²) in [7, 11) is -0.692. The van der Waals surface area contributed by atoms with Crippen molar-refractivity contribution in [2.45, 2.75) is 43.6 Å². The van der Waals surface area contributed by atoms with E-state index < -0.39 is 39.8 Å². The van der Waals surface area contributed by atoms with E-state index in [0.717, 1.165) is 12.1 Å². The summed E-state index contributed by atoms with van der Waals surface area (Å²) in [4.78, 5) is 17.2. The van der Waals surface area contributed by atoms with E-state index in [2.05, 4.69) is 4.72 Å².